The van der Waals surface area contributed by atoms with E-state index in [2.05, 4.69) is 27.6 Å². The Balaban J connectivity index is 1.38. The highest BCUT2D eigenvalue weighted by atomic mass is 32.1. The lowest BCUT2D eigenvalue weighted by atomic mass is 9.84. The van der Waals surface area contributed by atoms with Crippen molar-refractivity contribution < 1.29 is 0 Å². The number of aryl methyl sites for hydroxylation is 2. The van der Waals surface area contributed by atoms with E-state index in [-0.39, 0.29) is 0 Å². The maximum atomic E-state index is 3.83. The van der Waals surface area contributed by atoms with Crippen LogP contribution in [0.25, 0.3) is 0 Å². The average Bonchev–Trinajstić information content (AvgIpc) is 2.98. The van der Waals surface area contributed by atoms with Gasteiger partial charge in [-0.15, -0.1) is 11.3 Å². The first-order valence-electron chi connectivity index (χ1n) is 7.45. The Kier molecular flexibility index (Phi) is 2.94. The van der Waals surface area contributed by atoms with Crippen molar-refractivity contribution in [3.8, 4) is 0 Å². The van der Waals surface area contributed by atoms with Gasteiger partial charge in [-0.3, -0.25) is 0 Å². The molecule has 1 unspecified atom stereocenters. The van der Waals surface area contributed by atoms with Crippen molar-refractivity contribution in [2.24, 2.45) is 5.92 Å². The average molecular weight is 262 g/mol. The van der Waals surface area contributed by atoms with E-state index in [1.807, 2.05) is 0 Å². The maximum Gasteiger partial charge on any atom is 0.0303 e. The molecule has 4 heterocycles. The second-order valence-corrected chi connectivity index (χ2v) is 7.36. The molecule has 18 heavy (non-hydrogen) atoms. The SMILES string of the molecule is c1c(CNC2CN3CCC2CC3)sc2c1CCC2. The lowest BCUT2D eigenvalue weighted by Gasteiger charge is -2.45. The highest BCUT2D eigenvalue weighted by Gasteiger charge is 2.33. The van der Waals surface area contributed by atoms with Crippen LogP contribution in [0, 0.1) is 5.92 Å². The first-order chi connectivity index (χ1) is 8.88. The van der Waals surface area contributed by atoms with Crippen LogP contribution in [0.2, 0.25) is 0 Å². The quantitative estimate of drug-likeness (QED) is 0.900. The predicted octanol–water partition coefficient (Wildman–Crippen LogP) is 2.42. The molecule has 0 saturated carbocycles. The second kappa shape index (κ2) is 4.62. The topological polar surface area (TPSA) is 15.3 Å². The fourth-order valence-electron chi connectivity index (χ4n) is 3.91. The Bertz CT molecular complexity index is 410. The van der Waals surface area contributed by atoms with E-state index in [9.17, 15) is 0 Å². The van der Waals surface area contributed by atoms with E-state index >= 15 is 0 Å². The van der Waals surface area contributed by atoms with Gasteiger partial charge in [-0.25, -0.2) is 0 Å². The molecule has 1 aromatic heterocycles. The van der Waals surface area contributed by atoms with E-state index in [0.29, 0.717) is 0 Å². The number of hydrogen-bond acceptors (Lipinski definition) is 3. The van der Waals surface area contributed by atoms with Gasteiger partial charge < -0.3 is 10.2 Å². The number of hydrogen-bond donors (Lipinski definition) is 1. The Morgan fingerprint density at radius 2 is 2.17 bits per heavy atom. The number of fused-ring (bicyclic) bond motifs is 4. The summed E-state index contributed by atoms with van der Waals surface area (Å²) in [7, 11) is 0. The molecule has 3 fully saturated rings. The van der Waals surface area contributed by atoms with Gasteiger partial charge in [-0.2, -0.15) is 0 Å². The van der Waals surface area contributed by atoms with Gasteiger partial charge in [-0.1, -0.05) is 0 Å². The summed E-state index contributed by atoms with van der Waals surface area (Å²) < 4.78 is 0. The summed E-state index contributed by atoms with van der Waals surface area (Å²) in [5, 5.41) is 3.83. The molecule has 1 aliphatic carbocycles. The minimum absolute atomic E-state index is 0.754. The molecule has 0 amide bonds. The molecular formula is C15H22N2S. The summed E-state index contributed by atoms with van der Waals surface area (Å²) in [4.78, 5) is 5.86. The van der Waals surface area contributed by atoms with Crippen molar-refractivity contribution in [3.63, 3.8) is 0 Å². The molecule has 2 bridgehead atoms. The molecule has 98 valence electrons. The summed E-state index contributed by atoms with van der Waals surface area (Å²) in [6, 6.07) is 3.21. The number of nitrogens with zero attached hydrogens (tertiary/aromatic N) is 1. The smallest absolute Gasteiger partial charge is 0.0303 e. The van der Waals surface area contributed by atoms with Crippen LogP contribution >= 0.6 is 11.3 Å². The summed E-state index contributed by atoms with van der Waals surface area (Å²) in [6.07, 6.45) is 6.87. The molecule has 0 radical (unpaired) electrons. The molecule has 1 aromatic rings. The van der Waals surface area contributed by atoms with Crippen LogP contribution in [0.3, 0.4) is 0 Å². The number of nitrogens with one attached hydrogen (secondary N) is 1. The van der Waals surface area contributed by atoms with Crippen molar-refractivity contribution in [2.45, 2.75) is 44.7 Å². The van der Waals surface area contributed by atoms with Crippen LogP contribution in [0.4, 0.5) is 0 Å². The monoisotopic (exact) mass is 262 g/mol. The van der Waals surface area contributed by atoms with Crippen molar-refractivity contribution >= 4 is 11.3 Å². The standard InChI is InChI=1S/C15H22N2S/c1-2-12-8-13(18-15(12)3-1)9-16-14-10-17-6-4-11(14)5-7-17/h8,11,14,16H,1-7,9-10H2. The molecular weight excluding hydrogens is 240 g/mol. The zero-order valence-corrected chi connectivity index (χ0v) is 11.8. The summed E-state index contributed by atoms with van der Waals surface area (Å²) in [5.74, 6) is 0.946. The Hall–Kier alpha value is -0.380. The molecule has 0 spiro atoms. The Labute approximate surface area is 113 Å². The molecule has 0 aromatic carbocycles. The molecule has 3 aliphatic heterocycles. The molecule has 1 atom stereocenters. The third-order valence-electron chi connectivity index (χ3n) is 4.99. The van der Waals surface area contributed by atoms with Gasteiger partial charge in [0.1, 0.15) is 0 Å². The zero-order chi connectivity index (χ0) is 11.9. The van der Waals surface area contributed by atoms with Crippen LogP contribution in [-0.4, -0.2) is 30.6 Å². The molecule has 5 rings (SSSR count). The Morgan fingerprint density at radius 1 is 1.28 bits per heavy atom. The molecule has 3 heteroatoms. The molecule has 2 nitrogen and oxygen atoms in total. The number of rotatable bonds is 3. The van der Waals surface area contributed by atoms with E-state index in [4.69, 9.17) is 0 Å². The minimum Gasteiger partial charge on any atom is -0.308 e. The second-order valence-electron chi connectivity index (χ2n) is 6.14. The third kappa shape index (κ3) is 2.02. The van der Waals surface area contributed by atoms with Gasteiger partial charge in [0.2, 0.25) is 0 Å². The fourth-order valence-corrected chi connectivity index (χ4v) is 5.12. The van der Waals surface area contributed by atoms with Crippen molar-refractivity contribution in [2.75, 3.05) is 19.6 Å². The van der Waals surface area contributed by atoms with Gasteiger partial charge in [-0.05, 0) is 62.7 Å². The highest BCUT2D eigenvalue weighted by molar-refractivity contribution is 7.12. The molecule has 3 saturated heterocycles. The lowest BCUT2D eigenvalue weighted by molar-refractivity contribution is 0.0721. The van der Waals surface area contributed by atoms with E-state index in [1.54, 1.807) is 15.3 Å². The fraction of sp³-hybridized carbons (Fsp3) is 0.733. The normalized spacial score (nSPS) is 33.9. The van der Waals surface area contributed by atoms with Crippen LogP contribution in [0.5, 0.6) is 0 Å². The van der Waals surface area contributed by atoms with Crippen LogP contribution in [0.15, 0.2) is 6.07 Å². The van der Waals surface area contributed by atoms with Gasteiger partial charge in [0.15, 0.2) is 0 Å². The first-order valence-corrected chi connectivity index (χ1v) is 8.26. The lowest BCUT2D eigenvalue weighted by Crippen LogP contribution is -2.55. The highest BCUT2D eigenvalue weighted by Crippen LogP contribution is 2.31. The van der Waals surface area contributed by atoms with Gasteiger partial charge >= 0.3 is 0 Å². The van der Waals surface area contributed by atoms with Crippen molar-refractivity contribution in [1.29, 1.82) is 0 Å². The minimum atomic E-state index is 0.754. The van der Waals surface area contributed by atoms with Gasteiger partial charge in [0.05, 0.1) is 0 Å². The van der Waals surface area contributed by atoms with Crippen LogP contribution in [0.1, 0.15) is 34.6 Å². The van der Waals surface area contributed by atoms with E-state index in [0.717, 1.165) is 18.5 Å². The van der Waals surface area contributed by atoms with Crippen molar-refractivity contribution in [3.05, 3.63) is 21.4 Å². The summed E-state index contributed by atoms with van der Waals surface area (Å²) in [5.41, 5.74) is 1.64. The number of piperidine rings is 3. The first kappa shape index (κ1) is 11.4. The summed E-state index contributed by atoms with van der Waals surface area (Å²) >= 11 is 2.05. The van der Waals surface area contributed by atoms with E-state index < -0.39 is 0 Å². The van der Waals surface area contributed by atoms with Gasteiger partial charge in [0, 0.05) is 28.9 Å². The zero-order valence-electron chi connectivity index (χ0n) is 11.0. The van der Waals surface area contributed by atoms with Crippen molar-refractivity contribution in [1.82, 2.24) is 10.2 Å². The number of thiophene rings is 1. The molecule has 1 N–H and O–H groups in total. The third-order valence-corrected chi connectivity index (χ3v) is 6.23. The van der Waals surface area contributed by atoms with Gasteiger partial charge in [0.25, 0.3) is 0 Å². The Morgan fingerprint density at radius 3 is 2.89 bits per heavy atom. The van der Waals surface area contributed by atoms with Crippen LogP contribution in [-0.2, 0) is 19.4 Å². The maximum absolute atomic E-state index is 3.83. The largest absolute Gasteiger partial charge is 0.308 e. The van der Waals surface area contributed by atoms with Crippen LogP contribution < -0.4 is 5.32 Å². The predicted molar refractivity (Wildman–Crippen MR) is 76.1 cm³/mol. The summed E-state index contributed by atoms with van der Waals surface area (Å²) in [6.45, 7) is 5.08. The van der Waals surface area contributed by atoms with E-state index in [1.165, 1.54) is 51.7 Å². The molecule has 4 aliphatic rings.